The van der Waals surface area contributed by atoms with Crippen molar-refractivity contribution in [3.8, 4) is 0 Å². The van der Waals surface area contributed by atoms with Crippen LogP contribution in [-0.2, 0) is 6.42 Å². The predicted octanol–water partition coefficient (Wildman–Crippen LogP) is 3.70. The number of anilines is 1. The third-order valence-corrected chi connectivity index (χ3v) is 4.50. The zero-order chi connectivity index (χ0) is 14.7. The molecule has 1 aliphatic rings. The molecule has 0 radical (unpaired) electrons. The lowest BCUT2D eigenvalue weighted by molar-refractivity contribution is 0.603. The van der Waals surface area contributed by atoms with Crippen LogP contribution >= 0.6 is 0 Å². The van der Waals surface area contributed by atoms with Crippen molar-refractivity contribution in [1.29, 1.82) is 0 Å². The topological polar surface area (TPSA) is 29.0 Å². The van der Waals surface area contributed by atoms with Gasteiger partial charge in [-0.2, -0.15) is 5.10 Å². The molecule has 1 fully saturated rings. The van der Waals surface area contributed by atoms with Crippen LogP contribution in [0.3, 0.4) is 0 Å². The zero-order valence-corrected chi connectivity index (χ0v) is 12.9. The lowest BCUT2D eigenvalue weighted by Crippen LogP contribution is -2.30. The van der Waals surface area contributed by atoms with Crippen LogP contribution in [0.1, 0.15) is 36.1 Å². The molecule has 3 nitrogen and oxygen atoms in total. The van der Waals surface area contributed by atoms with Crippen molar-refractivity contribution in [2.24, 2.45) is 0 Å². The van der Waals surface area contributed by atoms with Crippen molar-refractivity contribution >= 4 is 5.82 Å². The second-order valence-electron chi connectivity index (χ2n) is 5.98. The summed E-state index contributed by atoms with van der Waals surface area (Å²) in [6.45, 7) is 5.24. The van der Waals surface area contributed by atoms with E-state index in [1.165, 1.54) is 30.4 Å². The molecule has 0 aliphatic carbocycles. The summed E-state index contributed by atoms with van der Waals surface area (Å²) in [6.07, 6.45) is 4.86. The van der Waals surface area contributed by atoms with Gasteiger partial charge in [0, 0.05) is 12.6 Å². The van der Waals surface area contributed by atoms with E-state index in [2.05, 4.69) is 58.4 Å². The molecule has 1 unspecified atom stereocenters. The van der Waals surface area contributed by atoms with Crippen molar-refractivity contribution in [3.05, 3.63) is 53.2 Å². The molecule has 21 heavy (non-hydrogen) atoms. The number of benzene rings is 1. The summed E-state index contributed by atoms with van der Waals surface area (Å²) in [5, 5.41) is 8.69. The molecular formula is C18H23N3. The van der Waals surface area contributed by atoms with Gasteiger partial charge in [-0.3, -0.25) is 0 Å². The molecule has 110 valence electrons. The van der Waals surface area contributed by atoms with Crippen molar-refractivity contribution in [2.75, 3.05) is 11.4 Å². The highest BCUT2D eigenvalue weighted by Gasteiger charge is 2.25. The van der Waals surface area contributed by atoms with E-state index < -0.39 is 0 Å². The van der Waals surface area contributed by atoms with Gasteiger partial charge in [0.15, 0.2) is 5.82 Å². The Labute approximate surface area is 127 Å². The SMILES string of the molecule is Cc1cc(N2CCCC2CCc2ccccc2)nnc1C. The summed E-state index contributed by atoms with van der Waals surface area (Å²) in [7, 11) is 0. The van der Waals surface area contributed by atoms with Crippen molar-refractivity contribution < 1.29 is 0 Å². The Morgan fingerprint density at radius 2 is 1.95 bits per heavy atom. The molecule has 0 saturated carbocycles. The Morgan fingerprint density at radius 1 is 1.14 bits per heavy atom. The highest BCUT2D eigenvalue weighted by Crippen LogP contribution is 2.27. The van der Waals surface area contributed by atoms with Crippen LogP contribution in [0, 0.1) is 13.8 Å². The van der Waals surface area contributed by atoms with Crippen molar-refractivity contribution in [2.45, 2.75) is 45.6 Å². The maximum absolute atomic E-state index is 4.40. The summed E-state index contributed by atoms with van der Waals surface area (Å²) in [4.78, 5) is 2.45. The second kappa shape index (κ2) is 6.25. The molecule has 0 bridgehead atoms. The molecule has 0 amide bonds. The first-order chi connectivity index (χ1) is 10.2. The molecule has 1 aromatic heterocycles. The molecule has 3 heteroatoms. The van der Waals surface area contributed by atoms with Gasteiger partial charge in [-0.05, 0) is 56.7 Å². The highest BCUT2D eigenvalue weighted by atomic mass is 15.3. The van der Waals surface area contributed by atoms with Crippen molar-refractivity contribution in [1.82, 2.24) is 10.2 Å². The standard InChI is InChI=1S/C18H23N3/c1-14-13-18(20-19-15(14)2)21-12-6-9-17(21)11-10-16-7-4-3-5-8-16/h3-5,7-8,13,17H,6,9-12H2,1-2H3. The fourth-order valence-electron chi connectivity index (χ4n) is 3.09. The lowest BCUT2D eigenvalue weighted by atomic mass is 10.0. The third-order valence-electron chi connectivity index (χ3n) is 4.50. The number of rotatable bonds is 4. The van der Waals surface area contributed by atoms with E-state index in [0.29, 0.717) is 6.04 Å². The summed E-state index contributed by atoms with van der Waals surface area (Å²) in [5.74, 6) is 1.05. The van der Waals surface area contributed by atoms with Gasteiger partial charge in [0.1, 0.15) is 0 Å². The molecule has 1 atom stereocenters. The lowest BCUT2D eigenvalue weighted by Gasteiger charge is -2.25. The highest BCUT2D eigenvalue weighted by molar-refractivity contribution is 5.43. The second-order valence-corrected chi connectivity index (χ2v) is 5.98. The van der Waals surface area contributed by atoms with E-state index >= 15 is 0 Å². The maximum Gasteiger partial charge on any atom is 0.151 e. The number of aromatic nitrogens is 2. The van der Waals surface area contributed by atoms with E-state index in [1.807, 2.05) is 6.92 Å². The Morgan fingerprint density at radius 3 is 2.71 bits per heavy atom. The maximum atomic E-state index is 4.40. The predicted molar refractivity (Wildman–Crippen MR) is 86.6 cm³/mol. The first-order valence-electron chi connectivity index (χ1n) is 7.85. The van der Waals surface area contributed by atoms with Crippen LogP contribution in [0.15, 0.2) is 36.4 Å². The Balaban J connectivity index is 1.69. The quantitative estimate of drug-likeness (QED) is 0.855. The number of nitrogens with zero attached hydrogens (tertiary/aromatic N) is 3. The first-order valence-corrected chi connectivity index (χ1v) is 7.85. The van der Waals surface area contributed by atoms with Gasteiger partial charge in [-0.15, -0.1) is 5.10 Å². The van der Waals surface area contributed by atoms with Crippen LogP contribution < -0.4 is 4.90 Å². The molecule has 1 aromatic carbocycles. The molecular weight excluding hydrogens is 258 g/mol. The summed E-state index contributed by atoms with van der Waals surface area (Å²) < 4.78 is 0. The van der Waals surface area contributed by atoms with Gasteiger partial charge in [-0.25, -0.2) is 0 Å². The van der Waals surface area contributed by atoms with E-state index in [1.54, 1.807) is 0 Å². The molecule has 1 saturated heterocycles. The minimum atomic E-state index is 0.599. The summed E-state index contributed by atoms with van der Waals surface area (Å²) >= 11 is 0. The average molecular weight is 281 g/mol. The van der Waals surface area contributed by atoms with Crippen LogP contribution in [0.25, 0.3) is 0 Å². The first kappa shape index (κ1) is 14.1. The molecule has 2 aromatic rings. The molecule has 0 spiro atoms. The van der Waals surface area contributed by atoms with Gasteiger partial charge >= 0.3 is 0 Å². The normalized spacial score (nSPS) is 18.2. The van der Waals surface area contributed by atoms with Gasteiger partial charge in [-0.1, -0.05) is 30.3 Å². The number of hydrogen-bond acceptors (Lipinski definition) is 3. The average Bonchev–Trinajstić information content (AvgIpc) is 2.97. The third kappa shape index (κ3) is 3.23. The van der Waals surface area contributed by atoms with Crippen LogP contribution in [0.5, 0.6) is 0 Å². The smallest absolute Gasteiger partial charge is 0.151 e. The fraction of sp³-hybridized carbons (Fsp3) is 0.444. The Hall–Kier alpha value is -1.90. The summed E-state index contributed by atoms with van der Waals surface area (Å²) in [6, 6.07) is 13.5. The van der Waals surface area contributed by atoms with Gasteiger partial charge in [0.05, 0.1) is 5.69 Å². The number of hydrogen-bond donors (Lipinski definition) is 0. The molecule has 2 heterocycles. The summed E-state index contributed by atoms with van der Waals surface area (Å²) in [5.41, 5.74) is 3.68. The minimum absolute atomic E-state index is 0.599. The van der Waals surface area contributed by atoms with Crippen LogP contribution in [-0.4, -0.2) is 22.8 Å². The molecule has 1 aliphatic heterocycles. The van der Waals surface area contributed by atoms with E-state index in [9.17, 15) is 0 Å². The Kier molecular flexibility index (Phi) is 4.18. The van der Waals surface area contributed by atoms with Crippen LogP contribution in [0.4, 0.5) is 5.82 Å². The monoisotopic (exact) mass is 281 g/mol. The Bertz CT molecular complexity index is 595. The minimum Gasteiger partial charge on any atom is -0.352 e. The van der Waals surface area contributed by atoms with Gasteiger partial charge < -0.3 is 4.90 Å². The molecule has 3 rings (SSSR count). The van der Waals surface area contributed by atoms with E-state index in [0.717, 1.165) is 24.5 Å². The largest absolute Gasteiger partial charge is 0.352 e. The molecule has 0 N–H and O–H groups in total. The van der Waals surface area contributed by atoms with Gasteiger partial charge in [0.2, 0.25) is 0 Å². The van der Waals surface area contributed by atoms with E-state index in [4.69, 9.17) is 0 Å². The van der Waals surface area contributed by atoms with Crippen molar-refractivity contribution in [3.63, 3.8) is 0 Å². The van der Waals surface area contributed by atoms with Gasteiger partial charge in [0.25, 0.3) is 0 Å². The zero-order valence-electron chi connectivity index (χ0n) is 12.9. The number of aryl methyl sites for hydroxylation is 3. The van der Waals surface area contributed by atoms with E-state index in [-0.39, 0.29) is 0 Å². The fourth-order valence-corrected chi connectivity index (χ4v) is 3.09. The van der Waals surface area contributed by atoms with Crippen LogP contribution in [0.2, 0.25) is 0 Å².